The Balaban J connectivity index is 2.25. The maximum Gasteiger partial charge on any atom is 0.496 e. The summed E-state index contributed by atoms with van der Waals surface area (Å²) in [5.74, 6) is -1.03. The van der Waals surface area contributed by atoms with Crippen LogP contribution < -0.4 is 5.46 Å². The van der Waals surface area contributed by atoms with Gasteiger partial charge < -0.3 is 9.31 Å². The van der Waals surface area contributed by atoms with E-state index in [0.29, 0.717) is 5.46 Å². The summed E-state index contributed by atoms with van der Waals surface area (Å²) in [4.78, 5) is 16.0. The molecule has 1 fully saturated rings. The summed E-state index contributed by atoms with van der Waals surface area (Å²) in [5, 5.41) is 0. The van der Waals surface area contributed by atoms with Crippen LogP contribution in [0, 0.1) is 0 Å². The Labute approximate surface area is 131 Å². The van der Waals surface area contributed by atoms with Crippen molar-refractivity contribution in [1.82, 2.24) is 4.98 Å². The number of rotatable bonds is 4. The van der Waals surface area contributed by atoms with E-state index in [1.54, 1.807) is 12.3 Å². The topological polar surface area (TPSA) is 82.6 Å². The fourth-order valence-electron chi connectivity index (χ4n) is 2.04. The highest BCUT2D eigenvalue weighted by Gasteiger charge is 2.51. The Morgan fingerprint density at radius 1 is 1.18 bits per heavy atom. The highest BCUT2D eigenvalue weighted by atomic mass is 32.2. The van der Waals surface area contributed by atoms with Gasteiger partial charge in [0.1, 0.15) is 5.75 Å². The number of sulfone groups is 1. The van der Waals surface area contributed by atoms with Gasteiger partial charge in [-0.2, -0.15) is 0 Å². The zero-order chi connectivity index (χ0) is 16.8. The van der Waals surface area contributed by atoms with E-state index in [4.69, 9.17) is 9.31 Å². The summed E-state index contributed by atoms with van der Waals surface area (Å²) in [5.41, 5.74) is -0.162. The average molecular weight is 325 g/mol. The lowest BCUT2D eigenvalue weighted by atomic mass is 9.79. The summed E-state index contributed by atoms with van der Waals surface area (Å²) >= 11 is 0. The zero-order valence-electron chi connectivity index (χ0n) is 13.4. The molecule has 1 aliphatic rings. The van der Waals surface area contributed by atoms with Gasteiger partial charge in [0, 0.05) is 29.7 Å². The minimum Gasteiger partial charge on any atom is -0.399 e. The first kappa shape index (κ1) is 17.1. The van der Waals surface area contributed by atoms with Crippen LogP contribution in [0.15, 0.2) is 18.5 Å². The van der Waals surface area contributed by atoms with Crippen molar-refractivity contribution in [1.29, 1.82) is 0 Å². The van der Waals surface area contributed by atoms with Crippen LogP contribution in [0.2, 0.25) is 0 Å². The molecular formula is C14H20BNO5S. The third-order valence-electron chi connectivity index (χ3n) is 4.00. The van der Waals surface area contributed by atoms with Gasteiger partial charge in [-0.1, -0.05) is 0 Å². The summed E-state index contributed by atoms with van der Waals surface area (Å²) in [7, 11) is -4.02. The first-order valence-electron chi connectivity index (χ1n) is 6.93. The molecule has 8 heteroatoms. The van der Waals surface area contributed by atoms with Crippen LogP contribution in [-0.2, 0) is 19.1 Å². The van der Waals surface area contributed by atoms with E-state index in [1.165, 1.54) is 6.20 Å². The Hall–Kier alpha value is -1.25. The number of aromatic nitrogens is 1. The van der Waals surface area contributed by atoms with E-state index in [1.807, 2.05) is 27.7 Å². The average Bonchev–Trinajstić information content (AvgIpc) is 2.57. The van der Waals surface area contributed by atoms with Gasteiger partial charge in [0.2, 0.25) is 0 Å². The van der Waals surface area contributed by atoms with Gasteiger partial charge in [0.15, 0.2) is 15.6 Å². The largest absolute Gasteiger partial charge is 0.496 e. The number of carbonyl (C=O) groups is 1. The van der Waals surface area contributed by atoms with Crippen LogP contribution in [0.25, 0.3) is 0 Å². The molecule has 2 heterocycles. The van der Waals surface area contributed by atoms with Crippen molar-refractivity contribution in [3.8, 4) is 0 Å². The van der Waals surface area contributed by atoms with Gasteiger partial charge in [-0.15, -0.1) is 0 Å². The van der Waals surface area contributed by atoms with E-state index in [2.05, 4.69) is 4.98 Å². The molecule has 0 atom stereocenters. The van der Waals surface area contributed by atoms with Crippen LogP contribution in [-0.4, -0.2) is 49.5 Å². The summed E-state index contributed by atoms with van der Waals surface area (Å²) in [6.45, 7) is 7.72. The molecule has 0 aromatic carbocycles. The third-order valence-corrected chi connectivity index (χ3v) is 4.79. The van der Waals surface area contributed by atoms with E-state index in [0.717, 1.165) is 6.26 Å². The maximum atomic E-state index is 12.0. The van der Waals surface area contributed by atoms with Gasteiger partial charge >= 0.3 is 7.12 Å². The maximum absolute atomic E-state index is 12.0. The van der Waals surface area contributed by atoms with Crippen LogP contribution in [0.3, 0.4) is 0 Å². The second-order valence-electron chi connectivity index (χ2n) is 6.59. The third kappa shape index (κ3) is 3.56. The molecule has 0 radical (unpaired) electrons. The highest BCUT2D eigenvalue weighted by Crippen LogP contribution is 2.36. The molecule has 0 saturated carbocycles. The minimum absolute atomic E-state index is 0.234. The summed E-state index contributed by atoms with van der Waals surface area (Å²) < 4.78 is 34.3. The standard InChI is InChI=1S/C14H20BNO5S/c1-13(2)14(3,4)21-15(20-13)11-6-10(7-16-8-11)12(17)9-22(5,18)19/h6-8H,9H2,1-5H3. The van der Waals surface area contributed by atoms with E-state index < -0.39 is 39.7 Å². The smallest absolute Gasteiger partial charge is 0.399 e. The highest BCUT2D eigenvalue weighted by molar-refractivity contribution is 7.91. The Morgan fingerprint density at radius 2 is 1.73 bits per heavy atom. The fourth-order valence-corrected chi connectivity index (χ4v) is 2.68. The van der Waals surface area contributed by atoms with Crippen molar-refractivity contribution in [3.05, 3.63) is 24.0 Å². The number of pyridine rings is 1. The van der Waals surface area contributed by atoms with Crippen LogP contribution in [0.1, 0.15) is 38.1 Å². The van der Waals surface area contributed by atoms with Gasteiger partial charge in [0.05, 0.1) is 11.2 Å². The summed E-state index contributed by atoms with van der Waals surface area (Å²) in [6.07, 6.45) is 3.93. The molecule has 1 saturated heterocycles. The number of Topliss-reactive ketones (excluding diaryl/α,β-unsaturated/α-hetero) is 1. The molecule has 0 unspecified atom stereocenters. The Morgan fingerprint density at radius 3 is 2.23 bits per heavy atom. The van der Waals surface area contributed by atoms with Crippen LogP contribution in [0.5, 0.6) is 0 Å². The Kier molecular flexibility index (Phi) is 4.23. The second kappa shape index (κ2) is 5.44. The van der Waals surface area contributed by atoms with E-state index >= 15 is 0 Å². The number of carbonyl (C=O) groups excluding carboxylic acids is 1. The molecule has 1 aliphatic heterocycles. The number of hydrogen-bond acceptors (Lipinski definition) is 6. The molecule has 0 N–H and O–H groups in total. The lowest BCUT2D eigenvalue weighted by Crippen LogP contribution is -2.41. The van der Waals surface area contributed by atoms with Crippen LogP contribution >= 0.6 is 0 Å². The molecule has 120 valence electrons. The van der Waals surface area contributed by atoms with Crippen molar-refractivity contribution in [2.75, 3.05) is 12.0 Å². The predicted molar refractivity (Wildman–Crippen MR) is 84.0 cm³/mol. The molecule has 1 aromatic heterocycles. The predicted octanol–water partition coefficient (Wildman–Crippen LogP) is 0.608. The van der Waals surface area contributed by atoms with Crippen molar-refractivity contribution < 1.29 is 22.5 Å². The van der Waals surface area contributed by atoms with Gasteiger partial charge in [-0.05, 0) is 33.8 Å². The molecule has 0 amide bonds. The molecule has 22 heavy (non-hydrogen) atoms. The first-order valence-corrected chi connectivity index (χ1v) is 8.99. The van der Waals surface area contributed by atoms with Gasteiger partial charge in [0.25, 0.3) is 0 Å². The molecular weight excluding hydrogens is 305 g/mol. The van der Waals surface area contributed by atoms with Gasteiger partial charge in [-0.25, -0.2) is 8.42 Å². The first-order chi connectivity index (χ1) is 9.91. The second-order valence-corrected chi connectivity index (χ2v) is 8.73. The van der Waals surface area contributed by atoms with Crippen LogP contribution in [0.4, 0.5) is 0 Å². The van der Waals surface area contributed by atoms with Crippen molar-refractivity contribution in [2.24, 2.45) is 0 Å². The van der Waals surface area contributed by atoms with Crippen molar-refractivity contribution in [3.63, 3.8) is 0 Å². The van der Waals surface area contributed by atoms with Crippen molar-refractivity contribution in [2.45, 2.75) is 38.9 Å². The molecule has 1 aromatic rings. The quantitative estimate of drug-likeness (QED) is 0.596. The molecule has 6 nitrogen and oxygen atoms in total. The number of nitrogens with zero attached hydrogens (tertiary/aromatic N) is 1. The van der Waals surface area contributed by atoms with Gasteiger partial charge in [-0.3, -0.25) is 9.78 Å². The molecule has 0 bridgehead atoms. The SMILES string of the molecule is CC1(C)OB(c2cncc(C(=O)CS(C)(=O)=O)c2)OC1(C)C. The Bertz CT molecular complexity index is 683. The molecule has 2 rings (SSSR count). The zero-order valence-corrected chi connectivity index (χ0v) is 14.2. The minimum atomic E-state index is -3.38. The normalized spacial score (nSPS) is 20.1. The molecule has 0 spiro atoms. The van der Waals surface area contributed by atoms with Crippen molar-refractivity contribution >= 4 is 28.2 Å². The monoisotopic (exact) mass is 325 g/mol. The lowest BCUT2D eigenvalue weighted by molar-refractivity contribution is 0.00578. The molecule has 0 aliphatic carbocycles. The lowest BCUT2D eigenvalue weighted by Gasteiger charge is -2.32. The number of hydrogen-bond donors (Lipinski definition) is 0. The van der Waals surface area contributed by atoms with E-state index in [-0.39, 0.29) is 5.56 Å². The number of ketones is 1. The summed E-state index contributed by atoms with van der Waals surface area (Å²) in [6, 6.07) is 1.57. The van der Waals surface area contributed by atoms with E-state index in [9.17, 15) is 13.2 Å². The fraction of sp³-hybridized carbons (Fsp3) is 0.571.